The van der Waals surface area contributed by atoms with E-state index in [4.69, 9.17) is 4.84 Å². The second kappa shape index (κ2) is 7.68. The monoisotopic (exact) mass is 236 g/mol. The van der Waals surface area contributed by atoms with E-state index in [-0.39, 0.29) is 18.3 Å². The summed E-state index contributed by atoms with van der Waals surface area (Å²) in [4.78, 5) is 15.9. The summed E-state index contributed by atoms with van der Waals surface area (Å²) in [6, 6.07) is 0. The molecular formula is C10H21ClN2O2. The molecule has 0 fully saturated rings. The maximum Gasteiger partial charge on any atom is 0.269 e. The highest BCUT2D eigenvalue weighted by Crippen LogP contribution is 1.93. The summed E-state index contributed by atoms with van der Waals surface area (Å²) < 4.78 is 0.901. The van der Waals surface area contributed by atoms with Crippen LogP contribution < -0.4 is 17.9 Å². The Hall–Kier alpha value is -0.580. The molecule has 5 heteroatoms. The highest BCUT2D eigenvalue weighted by atomic mass is 35.5. The Morgan fingerprint density at radius 3 is 2.33 bits per heavy atom. The number of halogens is 1. The number of nitrogens with zero attached hydrogens (tertiary/aromatic N) is 1. The van der Waals surface area contributed by atoms with E-state index in [0.717, 1.165) is 17.4 Å². The Labute approximate surface area is 98.2 Å². The van der Waals surface area contributed by atoms with Crippen molar-refractivity contribution in [1.29, 1.82) is 0 Å². The molecule has 0 aromatic rings. The van der Waals surface area contributed by atoms with Gasteiger partial charge in [0.15, 0.2) is 0 Å². The van der Waals surface area contributed by atoms with Crippen molar-refractivity contribution < 1.29 is 26.5 Å². The van der Waals surface area contributed by atoms with Gasteiger partial charge in [-0.1, -0.05) is 6.58 Å². The van der Waals surface area contributed by atoms with Crippen molar-refractivity contribution in [2.75, 3.05) is 34.3 Å². The van der Waals surface area contributed by atoms with Crippen LogP contribution in [-0.2, 0) is 9.63 Å². The minimum Gasteiger partial charge on any atom is -1.00 e. The fraction of sp³-hybridized carbons (Fsp3) is 0.700. The van der Waals surface area contributed by atoms with E-state index < -0.39 is 0 Å². The molecule has 0 aliphatic carbocycles. The van der Waals surface area contributed by atoms with Gasteiger partial charge < -0.3 is 16.9 Å². The molecule has 0 heterocycles. The van der Waals surface area contributed by atoms with Gasteiger partial charge in [0.1, 0.15) is 0 Å². The van der Waals surface area contributed by atoms with Crippen molar-refractivity contribution in [3.8, 4) is 0 Å². The molecule has 0 unspecified atom stereocenters. The molecule has 0 saturated carbocycles. The van der Waals surface area contributed by atoms with E-state index in [0.29, 0.717) is 12.2 Å². The van der Waals surface area contributed by atoms with Gasteiger partial charge in [-0.15, -0.1) is 0 Å². The first kappa shape index (κ1) is 16.8. The van der Waals surface area contributed by atoms with Crippen molar-refractivity contribution in [1.82, 2.24) is 5.48 Å². The number of carbonyl (C=O) groups is 1. The van der Waals surface area contributed by atoms with Crippen LogP contribution in [0.25, 0.3) is 0 Å². The standard InChI is InChI=1S/C10H20N2O2.ClH/c1-9(2)10(13)11-14-8-6-7-12(3,4)5;/h1,6-8H2,2-5H3;1H. The number of hydroxylamine groups is 1. The summed E-state index contributed by atoms with van der Waals surface area (Å²) in [5.41, 5.74) is 2.78. The summed E-state index contributed by atoms with van der Waals surface area (Å²) in [7, 11) is 6.35. The zero-order valence-corrected chi connectivity index (χ0v) is 10.7. The van der Waals surface area contributed by atoms with Gasteiger partial charge in [0.2, 0.25) is 0 Å². The largest absolute Gasteiger partial charge is 1.00 e. The van der Waals surface area contributed by atoms with Crippen LogP contribution in [0.4, 0.5) is 0 Å². The van der Waals surface area contributed by atoms with Crippen LogP contribution in [-0.4, -0.2) is 44.7 Å². The Kier molecular flexibility index (Phi) is 8.62. The Bertz CT molecular complexity index is 212. The zero-order chi connectivity index (χ0) is 11.2. The number of nitrogens with one attached hydrogen (secondary N) is 1. The summed E-state index contributed by atoms with van der Waals surface area (Å²) in [6.07, 6.45) is 0.917. The lowest BCUT2D eigenvalue weighted by Crippen LogP contribution is -3.00. The average molecular weight is 237 g/mol. The molecule has 0 saturated heterocycles. The lowest BCUT2D eigenvalue weighted by Gasteiger charge is -2.23. The Morgan fingerprint density at radius 2 is 1.93 bits per heavy atom. The van der Waals surface area contributed by atoms with Crippen LogP contribution in [0, 0.1) is 0 Å². The molecule has 0 aromatic carbocycles. The molecule has 1 N–H and O–H groups in total. The molecule has 0 aliphatic heterocycles. The van der Waals surface area contributed by atoms with Crippen molar-refractivity contribution in [2.45, 2.75) is 13.3 Å². The number of carbonyl (C=O) groups excluding carboxylic acids is 1. The fourth-order valence-electron chi connectivity index (χ4n) is 0.815. The lowest BCUT2D eigenvalue weighted by atomic mass is 10.3. The van der Waals surface area contributed by atoms with Gasteiger partial charge in [-0.3, -0.25) is 9.63 Å². The molecule has 0 bridgehead atoms. The van der Waals surface area contributed by atoms with Crippen LogP contribution in [0.2, 0.25) is 0 Å². The maximum atomic E-state index is 11.0. The predicted molar refractivity (Wildman–Crippen MR) is 56.4 cm³/mol. The summed E-state index contributed by atoms with van der Waals surface area (Å²) in [6.45, 7) is 6.69. The zero-order valence-electron chi connectivity index (χ0n) is 9.97. The van der Waals surface area contributed by atoms with Crippen LogP contribution in [0.15, 0.2) is 12.2 Å². The van der Waals surface area contributed by atoms with Gasteiger partial charge >= 0.3 is 0 Å². The summed E-state index contributed by atoms with van der Waals surface area (Å²) in [5.74, 6) is -0.254. The number of quaternary nitrogens is 1. The highest BCUT2D eigenvalue weighted by Gasteiger charge is 2.06. The molecule has 0 aromatic heterocycles. The lowest BCUT2D eigenvalue weighted by molar-refractivity contribution is -0.870. The molecule has 0 aliphatic rings. The molecule has 0 atom stereocenters. The maximum absolute atomic E-state index is 11.0. The van der Waals surface area contributed by atoms with Gasteiger partial charge in [0, 0.05) is 12.0 Å². The van der Waals surface area contributed by atoms with Gasteiger partial charge in [-0.05, 0) is 6.92 Å². The first-order valence-electron chi connectivity index (χ1n) is 4.71. The van der Waals surface area contributed by atoms with Gasteiger partial charge in [0.25, 0.3) is 5.91 Å². The molecule has 0 rings (SSSR count). The van der Waals surface area contributed by atoms with Crippen LogP contribution >= 0.6 is 0 Å². The molecule has 1 amide bonds. The van der Waals surface area contributed by atoms with Crippen LogP contribution in [0.5, 0.6) is 0 Å². The first-order chi connectivity index (χ1) is 6.33. The second-order valence-corrected chi connectivity index (χ2v) is 4.43. The van der Waals surface area contributed by atoms with Gasteiger partial charge in [-0.2, -0.15) is 0 Å². The molecular weight excluding hydrogens is 216 g/mol. The second-order valence-electron chi connectivity index (χ2n) is 4.43. The van der Waals surface area contributed by atoms with Gasteiger partial charge in [0.05, 0.1) is 34.3 Å². The van der Waals surface area contributed by atoms with E-state index >= 15 is 0 Å². The van der Waals surface area contributed by atoms with E-state index in [1.165, 1.54) is 0 Å². The minimum absolute atomic E-state index is 0. The molecule has 0 spiro atoms. The van der Waals surface area contributed by atoms with Crippen molar-refractivity contribution in [3.05, 3.63) is 12.2 Å². The van der Waals surface area contributed by atoms with Gasteiger partial charge in [-0.25, -0.2) is 5.48 Å². The third kappa shape index (κ3) is 11.3. The quantitative estimate of drug-likeness (QED) is 0.244. The Balaban J connectivity index is 0. The van der Waals surface area contributed by atoms with Crippen LogP contribution in [0.1, 0.15) is 13.3 Å². The van der Waals surface area contributed by atoms with Crippen molar-refractivity contribution >= 4 is 5.91 Å². The van der Waals surface area contributed by atoms with E-state index in [1.54, 1.807) is 6.92 Å². The average Bonchev–Trinajstić information content (AvgIpc) is 2.01. The fourth-order valence-corrected chi connectivity index (χ4v) is 0.815. The van der Waals surface area contributed by atoms with E-state index in [2.05, 4.69) is 33.2 Å². The molecule has 15 heavy (non-hydrogen) atoms. The molecule has 4 nitrogen and oxygen atoms in total. The SMILES string of the molecule is C=C(C)C(=O)NOCCC[N+](C)(C)C.[Cl-]. The van der Waals surface area contributed by atoms with Crippen LogP contribution in [0.3, 0.4) is 0 Å². The van der Waals surface area contributed by atoms with E-state index in [9.17, 15) is 4.79 Å². The topological polar surface area (TPSA) is 38.3 Å². The number of amides is 1. The smallest absolute Gasteiger partial charge is 0.269 e. The third-order valence-electron chi connectivity index (χ3n) is 1.63. The number of hydrogen-bond donors (Lipinski definition) is 1. The van der Waals surface area contributed by atoms with Crippen molar-refractivity contribution in [2.24, 2.45) is 0 Å². The summed E-state index contributed by atoms with van der Waals surface area (Å²) in [5, 5.41) is 0. The van der Waals surface area contributed by atoms with Crippen molar-refractivity contribution in [3.63, 3.8) is 0 Å². The third-order valence-corrected chi connectivity index (χ3v) is 1.63. The molecule has 90 valence electrons. The normalized spacial score (nSPS) is 10.4. The Morgan fingerprint density at radius 1 is 1.40 bits per heavy atom. The highest BCUT2D eigenvalue weighted by molar-refractivity contribution is 5.91. The number of hydrogen-bond acceptors (Lipinski definition) is 2. The predicted octanol–water partition coefficient (Wildman–Crippen LogP) is -2.29. The number of rotatable bonds is 6. The molecule has 0 radical (unpaired) electrons. The summed E-state index contributed by atoms with van der Waals surface area (Å²) >= 11 is 0. The minimum atomic E-state index is -0.254. The van der Waals surface area contributed by atoms with E-state index in [1.807, 2.05) is 0 Å². The first-order valence-corrected chi connectivity index (χ1v) is 4.71.